The second-order valence-electron chi connectivity index (χ2n) is 5.10. The van der Waals surface area contributed by atoms with Crippen molar-refractivity contribution in [2.75, 3.05) is 0 Å². The van der Waals surface area contributed by atoms with E-state index in [2.05, 4.69) is 5.32 Å². The lowest BCUT2D eigenvalue weighted by molar-refractivity contribution is -0.140. The first-order valence-corrected chi connectivity index (χ1v) is 6.30. The molecular weight excluding hydrogens is 246 g/mol. The number of carbonyl (C=O) groups is 2. The molecule has 0 aromatic heterocycles. The van der Waals surface area contributed by atoms with Gasteiger partial charge in [-0.1, -0.05) is 12.1 Å². The summed E-state index contributed by atoms with van der Waals surface area (Å²) in [7, 11) is 0. The number of phenols is 1. The minimum absolute atomic E-state index is 0.0290. The van der Waals surface area contributed by atoms with E-state index in [-0.39, 0.29) is 24.5 Å². The average molecular weight is 263 g/mol. The van der Waals surface area contributed by atoms with Crippen LogP contribution in [0.15, 0.2) is 24.3 Å². The molecule has 0 atom stereocenters. The molecule has 5 heteroatoms. The summed E-state index contributed by atoms with van der Waals surface area (Å²) in [6.07, 6.45) is 2.49. The van der Waals surface area contributed by atoms with Crippen LogP contribution < -0.4 is 5.32 Å². The number of hydrogen-bond acceptors (Lipinski definition) is 3. The molecule has 0 unspecified atom stereocenters. The molecule has 1 fully saturated rings. The summed E-state index contributed by atoms with van der Waals surface area (Å²) in [4.78, 5) is 22.7. The van der Waals surface area contributed by atoms with Crippen molar-refractivity contribution >= 4 is 11.9 Å². The Labute approximate surface area is 111 Å². The van der Waals surface area contributed by atoms with E-state index >= 15 is 0 Å². The zero-order chi connectivity index (χ0) is 13.9. The van der Waals surface area contributed by atoms with Crippen LogP contribution in [-0.4, -0.2) is 27.6 Å². The molecule has 19 heavy (non-hydrogen) atoms. The highest BCUT2D eigenvalue weighted by atomic mass is 16.4. The Kier molecular flexibility index (Phi) is 3.74. The molecule has 5 nitrogen and oxygen atoms in total. The third kappa shape index (κ3) is 3.47. The summed E-state index contributed by atoms with van der Waals surface area (Å²) in [5.74, 6) is -0.974. The number of carboxylic acids is 1. The van der Waals surface area contributed by atoms with Crippen LogP contribution in [0.1, 0.15) is 31.2 Å². The van der Waals surface area contributed by atoms with Crippen LogP contribution in [0.3, 0.4) is 0 Å². The Bertz CT molecular complexity index is 494. The van der Waals surface area contributed by atoms with E-state index in [0.717, 1.165) is 6.42 Å². The largest absolute Gasteiger partial charge is 0.508 e. The molecule has 0 bridgehead atoms. The fraction of sp³-hybridized carbons (Fsp3) is 0.429. The maximum atomic E-state index is 11.9. The molecule has 102 valence electrons. The van der Waals surface area contributed by atoms with Gasteiger partial charge in [0.1, 0.15) is 5.75 Å². The standard InChI is InChI=1S/C14H17NO4/c16-11-4-1-3-10(7-11)8-12(17)15-14(5-2-6-14)9-13(18)19/h1,3-4,7,16H,2,5-6,8-9H2,(H,15,17)(H,18,19). The number of aliphatic carboxylic acids is 1. The van der Waals surface area contributed by atoms with Crippen molar-refractivity contribution < 1.29 is 19.8 Å². The molecule has 0 saturated heterocycles. The van der Waals surface area contributed by atoms with Gasteiger partial charge in [-0.25, -0.2) is 0 Å². The first-order valence-electron chi connectivity index (χ1n) is 6.30. The Balaban J connectivity index is 1.95. The van der Waals surface area contributed by atoms with Gasteiger partial charge in [0.15, 0.2) is 0 Å². The van der Waals surface area contributed by atoms with Crippen LogP contribution in [0.2, 0.25) is 0 Å². The molecule has 3 N–H and O–H groups in total. The maximum absolute atomic E-state index is 11.9. The maximum Gasteiger partial charge on any atom is 0.305 e. The number of aromatic hydroxyl groups is 1. The molecule has 0 aliphatic heterocycles. The normalized spacial score (nSPS) is 16.4. The van der Waals surface area contributed by atoms with Gasteiger partial charge in [0.05, 0.1) is 18.4 Å². The van der Waals surface area contributed by atoms with Crippen molar-refractivity contribution in [3.63, 3.8) is 0 Å². The lowest BCUT2D eigenvalue weighted by Gasteiger charge is -2.41. The van der Waals surface area contributed by atoms with E-state index in [9.17, 15) is 14.7 Å². The number of carboxylic acid groups (broad SMARTS) is 1. The highest BCUT2D eigenvalue weighted by molar-refractivity contribution is 5.80. The molecule has 1 aliphatic rings. The van der Waals surface area contributed by atoms with E-state index in [4.69, 9.17) is 5.11 Å². The minimum Gasteiger partial charge on any atom is -0.508 e. The molecule has 0 spiro atoms. The van der Waals surface area contributed by atoms with Gasteiger partial charge in [-0.3, -0.25) is 9.59 Å². The summed E-state index contributed by atoms with van der Waals surface area (Å²) < 4.78 is 0. The second-order valence-corrected chi connectivity index (χ2v) is 5.10. The third-order valence-corrected chi connectivity index (χ3v) is 3.48. The monoisotopic (exact) mass is 263 g/mol. The van der Waals surface area contributed by atoms with Crippen molar-refractivity contribution in [3.8, 4) is 5.75 Å². The zero-order valence-corrected chi connectivity index (χ0v) is 10.6. The first-order chi connectivity index (χ1) is 8.99. The number of nitrogens with one attached hydrogen (secondary N) is 1. The number of rotatable bonds is 5. The second kappa shape index (κ2) is 5.30. The number of carbonyl (C=O) groups excluding carboxylic acids is 1. The van der Waals surface area contributed by atoms with Crippen molar-refractivity contribution in [2.45, 2.75) is 37.6 Å². The predicted octanol–water partition coefficient (Wildman–Crippen LogP) is 1.45. The summed E-state index contributed by atoms with van der Waals surface area (Å²) in [5, 5.41) is 21.0. The van der Waals surface area contributed by atoms with Gasteiger partial charge >= 0.3 is 5.97 Å². The van der Waals surface area contributed by atoms with Crippen LogP contribution in [-0.2, 0) is 16.0 Å². The number of phenolic OH excluding ortho intramolecular Hbond substituents is 1. The highest BCUT2D eigenvalue weighted by Gasteiger charge is 2.40. The molecule has 1 saturated carbocycles. The van der Waals surface area contributed by atoms with Crippen LogP contribution in [0.5, 0.6) is 5.75 Å². The van der Waals surface area contributed by atoms with Crippen molar-refractivity contribution in [2.24, 2.45) is 0 Å². The molecule has 0 heterocycles. The molecule has 1 amide bonds. The first kappa shape index (κ1) is 13.4. The summed E-state index contributed by atoms with van der Waals surface area (Å²) in [6, 6.07) is 6.50. The Morgan fingerprint density at radius 3 is 2.58 bits per heavy atom. The Hall–Kier alpha value is -2.04. The minimum atomic E-state index is -0.891. The fourth-order valence-corrected chi connectivity index (χ4v) is 2.43. The molecule has 2 rings (SSSR count). The summed E-state index contributed by atoms with van der Waals surface area (Å²) in [5.41, 5.74) is 0.141. The third-order valence-electron chi connectivity index (χ3n) is 3.48. The van der Waals surface area contributed by atoms with Crippen LogP contribution >= 0.6 is 0 Å². The van der Waals surface area contributed by atoms with E-state index in [1.165, 1.54) is 6.07 Å². The van der Waals surface area contributed by atoms with Gasteiger partial charge in [-0.15, -0.1) is 0 Å². The van der Waals surface area contributed by atoms with Crippen molar-refractivity contribution in [1.29, 1.82) is 0 Å². The van der Waals surface area contributed by atoms with E-state index in [1.54, 1.807) is 18.2 Å². The van der Waals surface area contributed by atoms with Gasteiger partial charge in [-0.05, 0) is 37.0 Å². The number of benzene rings is 1. The zero-order valence-electron chi connectivity index (χ0n) is 10.6. The van der Waals surface area contributed by atoms with Gasteiger partial charge in [0, 0.05) is 0 Å². The smallest absolute Gasteiger partial charge is 0.305 e. The number of hydrogen-bond donors (Lipinski definition) is 3. The summed E-state index contributed by atoms with van der Waals surface area (Å²) >= 11 is 0. The van der Waals surface area contributed by atoms with Crippen molar-refractivity contribution in [1.82, 2.24) is 5.32 Å². The van der Waals surface area contributed by atoms with Crippen LogP contribution in [0.4, 0.5) is 0 Å². The molecule has 1 aromatic carbocycles. The highest BCUT2D eigenvalue weighted by Crippen LogP contribution is 2.35. The summed E-state index contributed by atoms with van der Waals surface area (Å²) in [6.45, 7) is 0. The predicted molar refractivity (Wildman–Crippen MR) is 68.8 cm³/mol. The number of amides is 1. The van der Waals surface area contributed by atoms with Crippen molar-refractivity contribution in [3.05, 3.63) is 29.8 Å². The fourth-order valence-electron chi connectivity index (χ4n) is 2.43. The molecule has 1 aromatic rings. The van der Waals surface area contributed by atoms with E-state index in [1.807, 2.05) is 0 Å². The van der Waals surface area contributed by atoms with Gasteiger partial charge in [-0.2, -0.15) is 0 Å². The molecule has 0 radical (unpaired) electrons. The molecule has 1 aliphatic carbocycles. The topological polar surface area (TPSA) is 86.6 Å². The van der Waals surface area contributed by atoms with Gasteiger partial charge < -0.3 is 15.5 Å². The lowest BCUT2D eigenvalue weighted by atomic mass is 9.74. The molecular formula is C14H17NO4. The van der Waals surface area contributed by atoms with E-state index < -0.39 is 11.5 Å². The Morgan fingerprint density at radius 2 is 2.05 bits per heavy atom. The van der Waals surface area contributed by atoms with E-state index in [0.29, 0.717) is 18.4 Å². The van der Waals surface area contributed by atoms with Gasteiger partial charge in [0.25, 0.3) is 0 Å². The lowest BCUT2D eigenvalue weighted by Crippen LogP contribution is -2.55. The van der Waals surface area contributed by atoms with Crippen LogP contribution in [0.25, 0.3) is 0 Å². The Morgan fingerprint density at radius 1 is 1.32 bits per heavy atom. The van der Waals surface area contributed by atoms with Crippen LogP contribution in [0, 0.1) is 0 Å². The SMILES string of the molecule is O=C(O)CC1(NC(=O)Cc2cccc(O)c2)CCC1. The quantitative estimate of drug-likeness (QED) is 0.750. The average Bonchev–Trinajstić information content (AvgIpc) is 2.25. The van der Waals surface area contributed by atoms with Gasteiger partial charge in [0.2, 0.25) is 5.91 Å².